The van der Waals surface area contributed by atoms with Crippen molar-refractivity contribution in [2.75, 3.05) is 132 Å². The zero-order valence-electron chi connectivity index (χ0n) is 43.9. The van der Waals surface area contributed by atoms with Crippen LogP contribution >= 0.6 is 0 Å². The molecule has 0 unspecified atom stereocenters. The summed E-state index contributed by atoms with van der Waals surface area (Å²) in [5.74, 6) is 1.10. The number of allylic oxidation sites excluding steroid dienone is 7. The van der Waals surface area contributed by atoms with Crippen molar-refractivity contribution in [3.05, 3.63) is 100.0 Å². The minimum atomic E-state index is -4.68. The summed E-state index contributed by atoms with van der Waals surface area (Å²) in [5, 5.41) is 0. The van der Waals surface area contributed by atoms with Crippen LogP contribution in [-0.4, -0.2) is 161 Å². The van der Waals surface area contributed by atoms with Crippen LogP contribution in [0.25, 0.3) is 0 Å². The summed E-state index contributed by atoms with van der Waals surface area (Å²) in [7, 11) is 3.05. The van der Waals surface area contributed by atoms with Crippen molar-refractivity contribution >= 4 is 33.0 Å². The quantitative estimate of drug-likeness (QED) is 0.0312. The van der Waals surface area contributed by atoms with Gasteiger partial charge in [-0.1, -0.05) is 37.6 Å². The van der Waals surface area contributed by atoms with E-state index < -0.39 is 15.5 Å². The molecule has 2 aliphatic heterocycles. The van der Waals surface area contributed by atoms with Gasteiger partial charge in [0.15, 0.2) is 12.3 Å². The number of nitrogens with zero attached hydrogens (tertiary/aromatic N) is 3. The average Bonchev–Trinajstić information content (AvgIpc) is 3.64. The highest BCUT2D eigenvalue weighted by Crippen LogP contribution is 2.48. The maximum atomic E-state index is 12.3. The molecule has 0 radical (unpaired) electrons. The van der Waals surface area contributed by atoms with Crippen molar-refractivity contribution in [2.45, 2.75) is 95.8 Å². The van der Waals surface area contributed by atoms with E-state index in [4.69, 9.17) is 33.2 Å². The molecule has 0 fully saturated rings. The largest absolute Gasteiger partial charge is 0.744 e. The van der Waals surface area contributed by atoms with E-state index in [2.05, 4.69) is 101 Å². The predicted molar refractivity (Wildman–Crippen MR) is 274 cm³/mol. The third-order valence-electron chi connectivity index (χ3n) is 13.5. The van der Waals surface area contributed by atoms with Gasteiger partial charge in [-0.15, -0.1) is 0 Å². The van der Waals surface area contributed by atoms with Gasteiger partial charge in [-0.25, -0.2) is 8.42 Å². The van der Waals surface area contributed by atoms with Gasteiger partial charge in [0.2, 0.25) is 5.69 Å². The number of carbonyl (C=O) groups excluding carboxylic acids is 1. The Morgan fingerprint density at radius 3 is 2.07 bits per heavy atom. The lowest BCUT2D eigenvalue weighted by molar-refractivity contribution is -0.890. The number of quaternary nitrogens is 1. The summed E-state index contributed by atoms with van der Waals surface area (Å²) in [6, 6.07) is 11.4. The van der Waals surface area contributed by atoms with E-state index in [1.807, 2.05) is 0 Å². The van der Waals surface area contributed by atoms with Crippen LogP contribution in [0.2, 0.25) is 0 Å². The summed E-state index contributed by atoms with van der Waals surface area (Å²) >= 11 is 0. The molecule has 15 heteroatoms. The van der Waals surface area contributed by atoms with Crippen molar-refractivity contribution in [1.29, 1.82) is 0 Å². The Balaban J connectivity index is 1.51. The molecular formula is C55H82N3O11S+. The van der Waals surface area contributed by atoms with Gasteiger partial charge in [-0.2, -0.15) is 4.58 Å². The predicted octanol–water partition coefficient (Wildman–Crippen LogP) is 8.09. The molecule has 0 amide bonds. The molecule has 0 bridgehead atoms. The first-order valence-electron chi connectivity index (χ1n) is 25.0. The topological polar surface area (TPSA) is 145 Å². The highest BCUT2D eigenvalue weighted by atomic mass is 32.2. The number of hydrogen-bond donors (Lipinski definition) is 0. The zero-order chi connectivity index (χ0) is 51.0. The highest BCUT2D eigenvalue weighted by molar-refractivity contribution is 7.85. The Morgan fingerprint density at radius 1 is 0.771 bits per heavy atom. The van der Waals surface area contributed by atoms with E-state index in [1.165, 1.54) is 34.6 Å². The molecule has 2 aromatic rings. The third kappa shape index (κ3) is 15.7. The number of benzene rings is 2. The minimum Gasteiger partial charge on any atom is -0.744 e. The molecule has 388 valence electrons. The number of hydrogen-bond acceptors (Lipinski definition) is 12. The van der Waals surface area contributed by atoms with Gasteiger partial charge in [0.1, 0.15) is 28.3 Å². The van der Waals surface area contributed by atoms with Gasteiger partial charge in [-0.3, -0.25) is 0 Å². The van der Waals surface area contributed by atoms with Crippen molar-refractivity contribution in [3.63, 3.8) is 0 Å². The Hall–Kier alpha value is -4.03. The van der Waals surface area contributed by atoms with Crippen LogP contribution in [0.4, 0.5) is 11.4 Å². The van der Waals surface area contributed by atoms with Crippen molar-refractivity contribution in [1.82, 2.24) is 0 Å². The number of anilines is 1. The molecule has 14 nitrogen and oxygen atoms in total. The van der Waals surface area contributed by atoms with E-state index in [0.29, 0.717) is 92.2 Å². The molecule has 2 heterocycles. The fourth-order valence-electron chi connectivity index (χ4n) is 9.62. The van der Waals surface area contributed by atoms with E-state index in [9.17, 15) is 17.8 Å². The first kappa shape index (κ1) is 56.9. The molecule has 0 saturated heterocycles. The molecule has 0 atom stereocenters. The lowest BCUT2D eigenvalue weighted by atomic mass is 9.81. The number of carbonyl (C=O) groups is 1. The standard InChI is InChI=1S/C55H82N3O11S/c1-42-17-21-49-47(40-42)54(3,4)51(56(49)25-30-65-36-38-67-34-32-63-9)23-18-44-15-11-16-45(53(44)69-29-13-28-58(7,8)27-12-14-43(2)59)19-24-52-55(5,6)48-41-46(70(60,61)62)20-22-50(48)57(52)26-31-66-37-39-68-35-33-64-10/h17-24,40-41H,11-16,25-39H2,1-10H3/q+1. The second kappa shape index (κ2) is 26.6. The maximum Gasteiger partial charge on any atom is 0.209 e. The number of ether oxygens (including phenoxy) is 7. The Labute approximate surface area is 419 Å². The van der Waals surface area contributed by atoms with Crippen LogP contribution in [-0.2, 0) is 58.9 Å². The van der Waals surface area contributed by atoms with Gasteiger partial charge in [0, 0.05) is 74.5 Å². The molecule has 0 saturated carbocycles. The van der Waals surface area contributed by atoms with Crippen LogP contribution in [0.1, 0.15) is 89.8 Å². The number of ketones is 1. The summed E-state index contributed by atoms with van der Waals surface area (Å²) < 4.78 is 80.2. The third-order valence-corrected chi connectivity index (χ3v) is 14.4. The average molecular weight is 993 g/mol. The Morgan fingerprint density at radius 2 is 1.41 bits per heavy atom. The first-order chi connectivity index (χ1) is 33.3. The number of aryl methyl sites for hydroxylation is 1. The number of methoxy groups -OCH3 is 2. The van der Waals surface area contributed by atoms with Gasteiger partial charge in [0.05, 0.1) is 104 Å². The smallest absolute Gasteiger partial charge is 0.209 e. The van der Waals surface area contributed by atoms with E-state index in [-0.39, 0.29) is 16.1 Å². The number of rotatable bonds is 31. The van der Waals surface area contributed by atoms with Crippen LogP contribution in [0, 0.1) is 6.92 Å². The lowest BCUT2D eigenvalue weighted by Gasteiger charge is -2.30. The van der Waals surface area contributed by atoms with Crippen molar-refractivity contribution in [3.8, 4) is 0 Å². The van der Waals surface area contributed by atoms with Crippen LogP contribution in [0.5, 0.6) is 0 Å². The maximum absolute atomic E-state index is 12.3. The van der Waals surface area contributed by atoms with Crippen LogP contribution < -0.4 is 4.90 Å². The molecule has 1 aliphatic carbocycles. The van der Waals surface area contributed by atoms with Crippen molar-refractivity contribution in [2.24, 2.45) is 0 Å². The van der Waals surface area contributed by atoms with Gasteiger partial charge < -0.3 is 51.9 Å². The van der Waals surface area contributed by atoms with Crippen LogP contribution in [0.15, 0.2) is 88.2 Å². The molecule has 70 heavy (non-hydrogen) atoms. The molecular weight excluding hydrogens is 911 g/mol. The first-order valence-corrected chi connectivity index (χ1v) is 26.4. The summed E-state index contributed by atoms with van der Waals surface area (Å²) in [6.07, 6.45) is 13.7. The lowest BCUT2D eigenvalue weighted by Crippen LogP contribution is -2.41. The summed E-state index contributed by atoms with van der Waals surface area (Å²) in [5.41, 5.74) is 8.72. The Bertz CT molecular complexity index is 2350. The zero-order valence-corrected chi connectivity index (χ0v) is 44.7. The Kier molecular flexibility index (Phi) is 21.6. The molecule has 3 aliphatic rings. The summed E-state index contributed by atoms with van der Waals surface area (Å²) in [6.45, 7) is 20.9. The van der Waals surface area contributed by atoms with Crippen molar-refractivity contribution < 1.29 is 60.0 Å². The second-order valence-electron chi connectivity index (χ2n) is 20.2. The van der Waals surface area contributed by atoms with Crippen LogP contribution in [0.3, 0.4) is 0 Å². The number of Topliss-reactive ketones (excluding diaryl/α,β-unsaturated/α-hetero) is 1. The monoisotopic (exact) mass is 993 g/mol. The fourth-order valence-corrected chi connectivity index (χ4v) is 10.1. The number of fused-ring (bicyclic) bond motifs is 2. The minimum absolute atomic E-state index is 0.220. The molecule has 2 aromatic carbocycles. The molecule has 0 aromatic heterocycles. The van der Waals surface area contributed by atoms with E-state index in [1.54, 1.807) is 27.2 Å². The fraction of sp³-hybridized carbons (Fsp3) is 0.600. The normalized spacial score (nSPS) is 18.0. The van der Waals surface area contributed by atoms with E-state index >= 15 is 0 Å². The van der Waals surface area contributed by atoms with Gasteiger partial charge >= 0.3 is 0 Å². The SMILES string of the molecule is COCCOCCOCCN1C(=CC=C2CCCC(C=CC3=[N+](CCOCCOCCOC)c4ccc(S(=O)(=O)[O-])cc4C3(C)C)=C2OCCC[N+](C)(C)CCCC(C)=O)C(C)(C)c2cc(C)ccc21. The van der Waals surface area contributed by atoms with Gasteiger partial charge in [0.25, 0.3) is 0 Å². The second-order valence-corrected chi connectivity index (χ2v) is 21.6. The molecule has 0 spiro atoms. The van der Waals surface area contributed by atoms with E-state index in [0.717, 1.165) is 83.5 Å². The van der Waals surface area contributed by atoms with Gasteiger partial charge in [-0.05, 0) is 94.0 Å². The molecule has 0 N–H and O–H groups in total. The molecule has 5 rings (SSSR count). The summed E-state index contributed by atoms with van der Waals surface area (Å²) in [4.78, 5) is 13.8. The highest BCUT2D eigenvalue weighted by Gasteiger charge is 2.45.